The van der Waals surface area contributed by atoms with Crippen molar-refractivity contribution in [3.05, 3.63) is 53.9 Å². The molecule has 2 nitrogen and oxygen atoms in total. The molecule has 2 heteroatoms. The maximum absolute atomic E-state index is 12.5. The normalized spacial score (nSPS) is 15.4. The first-order valence-electron chi connectivity index (χ1n) is 6.43. The molecule has 1 heterocycles. The van der Waals surface area contributed by atoms with E-state index in [0.29, 0.717) is 0 Å². The molecule has 1 aliphatic rings. The third kappa shape index (κ3) is 1.94. The van der Waals surface area contributed by atoms with Crippen LogP contribution in [0.5, 0.6) is 0 Å². The highest BCUT2D eigenvalue weighted by molar-refractivity contribution is 6.16. The molecule has 0 bridgehead atoms. The molecule has 0 unspecified atom stereocenters. The lowest BCUT2D eigenvalue weighted by molar-refractivity contribution is 0.103. The molecule has 0 amide bonds. The van der Waals surface area contributed by atoms with E-state index in [9.17, 15) is 4.79 Å². The van der Waals surface area contributed by atoms with Crippen molar-refractivity contribution < 1.29 is 4.79 Å². The number of hydrogen-bond donors (Lipinski definition) is 0. The number of Topliss-reactive ketones (excluding diaryl/α,β-unsaturated/α-hetero) is 1. The fourth-order valence-corrected chi connectivity index (χ4v) is 2.54. The van der Waals surface area contributed by atoms with E-state index in [1.165, 1.54) is 6.42 Å². The summed E-state index contributed by atoms with van der Waals surface area (Å²) in [6, 6.07) is 7.76. The van der Waals surface area contributed by atoms with E-state index >= 15 is 0 Å². The van der Waals surface area contributed by atoms with Crippen molar-refractivity contribution in [1.82, 2.24) is 4.98 Å². The number of ketones is 1. The van der Waals surface area contributed by atoms with Gasteiger partial charge < -0.3 is 0 Å². The zero-order valence-electron chi connectivity index (χ0n) is 10.2. The van der Waals surface area contributed by atoms with Crippen LogP contribution in [0.4, 0.5) is 0 Å². The molecular formula is C16H15NO. The molecule has 0 saturated heterocycles. The first kappa shape index (κ1) is 11.1. The Kier molecular flexibility index (Phi) is 2.93. The summed E-state index contributed by atoms with van der Waals surface area (Å²) < 4.78 is 0. The lowest BCUT2D eigenvalue weighted by Crippen LogP contribution is -2.07. The van der Waals surface area contributed by atoms with Crippen molar-refractivity contribution in [2.45, 2.75) is 25.7 Å². The number of rotatable bonds is 2. The maximum atomic E-state index is 12.5. The second-order valence-electron chi connectivity index (χ2n) is 4.71. The fraction of sp³-hybridized carbons (Fsp3) is 0.250. The van der Waals surface area contributed by atoms with Gasteiger partial charge in [-0.2, -0.15) is 0 Å². The van der Waals surface area contributed by atoms with Gasteiger partial charge in [0.1, 0.15) is 0 Å². The first-order valence-corrected chi connectivity index (χ1v) is 6.43. The first-order chi connectivity index (χ1) is 8.86. The van der Waals surface area contributed by atoms with Gasteiger partial charge in [0.25, 0.3) is 0 Å². The van der Waals surface area contributed by atoms with Crippen molar-refractivity contribution in [3.8, 4) is 0 Å². The van der Waals surface area contributed by atoms with Crippen LogP contribution in [0.2, 0.25) is 0 Å². The van der Waals surface area contributed by atoms with E-state index in [4.69, 9.17) is 0 Å². The summed E-state index contributed by atoms with van der Waals surface area (Å²) >= 11 is 0. The Morgan fingerprint density at radius 1 is 1.17 bits per heavy atom. The van der Waals surface area contributed by atoms with E-state index < -0.39 is 0 Å². The van der Waals surface area contributed by atoms with Crippen molar-refractivity contribution in [1.29, 1.82) is 0 Å². The van der Waals surface area contributed by atoms with Gasteiger partial charge in [-0.15, -0.1) is 0 Å². The Hall–Kier alpha value is -1.96. The second kappa shape index (κ2) is 4.73. The largest absolute Gasteiger partial charge is 0.289 e. The van der Waals surface area contributed by atoms with Crippen molar-refractivity contribution in [3.63, 3.8) is 0 Å². The molecule has 2 aromatic rings. The molecule has 0 radical (unpaired) electrons. The third-order valence-electron chi connectivity index (χ3n) is 3.51. The summed E-state index contributed by atoms with van der Waals surface area (Å²) in [5, 5.41) is 2.03. The molecule has 1 aliphatic carbocycles. The molecule has 0 atom stereocenters. The zero-order valence-corrected chi connectivity index (χ0v) is 10.2. The van der Waals surface area contributed by atoms with Gasteiger partial charge in [0, 0.05) is 23.3 Å². The fourth-order valence-electron chi connectivity index (χ4n) is 2.54. The van der Waals surface area contributed by atoms with Crippen LogP contribution >= 0.6 is 0 Å². The van der Waals surface area contributed by atoms with Crippen LogP contribution in [0.25, 0.3) is 10.8 Å². The molecule has 0 aliphatic heterocycles. The van der Waals surface area contributed by atoms with Crippen molar-refractivity contribution in [2.24, 2.45) is 0 Å². The van der Waals surface area contributed by atoms with Crippen LogP contribution in [0.3, 0.4) is 0 Å². The summed E-state index contributed by atoms with van der Waals surface area (Å²) in [6.45, 7) is 0. The molecule has 0 fully saturated rings. The molecule has 0 saturated carbocycles. The van der Waals surface area contributed by atoms with Crippen LogP contribution in [-0.2, 0) is 0 Å². The molecular weight excluding hydrogens is 222 g/mol. The smallest absolute Gasteiger partial charge is 0.189 e. The van der Waals surface area contributed by atoms with E-state index in [1.54, 1.807) is 12.4 Å². The van der Waals surface area contributed by atoms with Gasteiger partial charge in [0.05, 0.1) is 0 Å². The minimum absolute atomic E-state index is 0.187. The van der Waals surface area contributed by atoms with Crippen LogP contribution in [-0.4, -0.2) is 10.8 Å². The number of pyridine rings is 1. The number of aromatic nitrogens is 1. The Labute approximate surface area is 106 Å². The summed E-state index contributed by atoms with van der Waals surface area (Å²) in [4.78, 5) is 16.6. The van der Waals surface area contributed by atoms with E-state index in [2.05, 4.69) is 11.1 Å². The lowest BCUT2D eigenvalue weighted by atomic mass is 9.91. The number of carbonyl (C=O) groups is 1. The highest BCUT2D eigenvalue weighted by Crippen LogP contribution is 2.25. The predicted octanol–water partition coefficient (Wildman–Crippen LogP) is 3.92. The number of carbonyl (C=O) groups excluding carboxylic acids is 1. The van der Waals surface area contributed by atoms with Gasteiger partial charge >= 0.3 is 0 Å². The molecule has 3 rings (SSSR count). The SMILES string of the molecule is O=C(C1=CCCCC1)c1cccc2cnccc12. The number of benzene rings is 1. The van der Waals surface area contributed by atoms with Gasteiger partial charge in [-0.25, -0.2) is 0 Å². The number of allylic oxidation sites excluding steroid dienone is 2. The third-order valence-corrected chi connectivity index (χ3v) is 3.51. The van der Waals surface area contributed by atoms with Gasteiger partial charge in [-0.05, 0) is 42.7 Å². The molecule has 1 aromatic heterocycles. The van der Waals surface area contributed by atoms with Crippen LogP contribution in [0.15, 0.2) is 48.3 Å². The molecule has 0 N–H and O–H groups in total. The topological polar surface area (TPSA) is 30.0 Å². The maximum Gasteiger partial charge on any atom is 0.189 e. The van der Waals surface area contributed by atoms with Crippen LogP contribution in [0, 0.1) is 0 Å². The van der Waals surface area contributed by atoms with Crippen molar-refractivity contribution in [2.75, 3.05) is 0 Å². The van der Waals surface area contributed by atoms with Gasteiger partial charge in [-0.3, -0.25) is 9.78 Å². The summed E-state index contributed by atoms with van der Waals surface area (Å²) in [7, 11) is 0. The van der Waals surface area contributed by atoms with E-state index in [1.807, 2.05) is 24.3 Å². The Morgan fingerprint density at radius 3 is 2.94 bits per heavy atom. The quantitative estimate of drug-likeness (QED) is 0.741. The molecule has 90 valence electrons. The Morgan fingerprint density at radius 2 is 2.11 bits per heavy atom. The van der Waals surface area contributed by atoms with Gasteiger partial charge in [0.2, 0.25) is 0 Å². The highest BCUT2D eigenvalue weighted by Gasteiger charge is 2.16. The second-order valence-corrected chi connectivity index (χ2v) is 4.71. The average Bonchev–Trinajstić information content (AvgIpc) is 2.47. The molecule has 0 spiro atoms. The van der Waals surface area contributed by atoms with Crippen molar-refractivity contribution >= 4 is 16.6 Å². The average molecular weight is 237 g/mol. The molecule has 1 aromatic carbocycles. The molecule has 18 heavy (non-hydrogen) atoms. The number of nitrogens with zero attached hydrogens (tertiary/aromatic N) is 1. The minimum atomic E-state index is 0.187. The number of hydrogen-bond acceptors (Lipinski definition) is 2. The zero-order chi connectivity index (χ0) is 12.4. The minimum Gasteiger partial charge on any atom is -0.289 e. The summed E-state index contributed by atoms with van der Waals surface area (Å²) in [5.74, 6) is 0.187. The van der Waals surface area contributed by atoms with Gasteiger partial charge in [0.15, 0.2) is 5.78 Å². The number of fused-ring (bicyclic) bond motifs is 1. The van der Waals surface area contributed by atoms with E-state index in [-0.39, 0.29) is 5.78 Å². The lowest BCUT2D eigenvalue weighted by Gasteiger charge is -2.12. The van der Waals surface area contributed by atoms with E-state index in [0.717, 1.165) is 41.2 Å². The summed E-state index contributed by atoms with van der Waals surface area (Å²) in [6.07, 6.45) is 9.94. The standard InChI is InChI=1S/C16H15NO/c18-16(12-5-2-1-3-6-12)15-8-4-7-13-11-17-10-9-14(13)15/h4-5,7-11H,1-3,6H2. The Bertz CT molecular complexity index is 623. The van der Waals surface area contributed by atoms with Crippen LogP contribution in [0.1, 0.15) is 36.0 Å². The Balaban J connectivity index is 2.09. The predicted molar refractivity (Wildman–Crippen MR) is 72.6 cm³/mol. The summed E-state index contributed by atoms with van der Waals surface area (Å²) in [5.41, 5.74) is 1.79. The highest BCUT2D eigenvalue weighted by atomic mass is 16.1. The monoisotopic (exact) mass is 237 g/mol. The van der Waals surface area contributed by atoms with Crippen LogP contribution < -0.4 is 0 Å². The van der Waals surface area contributed by atoms with Gasteiger partial charge in [-0.1, -0.05) is 24.3 Å².